The highest BCUT2D eigenvalue weighted by Crippen LogP contribution is 2.26. The van der Waals surface area contributed by atoms with E-state index in [0.29, 0.717) is 12.2 Å². The maximum absolute atomic E-state index is 13.4. The third kappa shape index (κ3) is 8.41. The van der Waals surface area contributed by atoms with Crippen molar-refractivity contribution in [1.82, 2.24) is 10.9 Å². The maximum Gasteiger partial charge on any atom is 0.249 e. The minimum Gasteiger partial charge on any atom is -0.497 e. The number of nitrogens with one attached hydrogen (secondary N) is 2. The monoisotopic (exact) mass is 503 g/mol. The Morgan fingerprint density at radius 1 is 1.03 bits per heavy atom. The highest BCUT2D eigenvalue weighted by molar-refractivity contribution is 7.92. The summed E-state index contributed by atoms with van der Waals surface area (Å²) in [5.74, 6) is -2.48. The second kappa shape index (κ2) is 12.9. The van der Waals surface area contributed by atoms with E-state index in [-0.39, 0.29) is 18.0 Å². The number of hydrazine groups is 1. The number of ether oxygens (including phenoxy) is 1. The molecule has 35 heavy (non-hydrogen) atoms. The van der Waals surface area contributed by atoms with Gasteiger partial charge in [-0.2, -0.15) is 4.41 Å². The van der Waals surface area contributed by atoms with Gasteiger partial charge in [0.05, 0.1) is 30.9 Å². The van der Waals surface area contributed by atoms with Crippen LogP contribution in [0.3, 0.4) is 0 Å². The number of hydrogen-bond acceptors (Lipinski definition) is 6. The number of hydroxylamine groups is 1. The zero-order valence-electron chi connectivity index (χ0n) is 20.3. The zero-order valence-corrected chi connectivity index (χ0v) is 21.2. The van der Waals surface area contributed by atoms with Crippen molar-refractivity contribution in [3.8, 4) is 5.75 Å². The molecule has 0 aliphatic carbocycles. The van der Waals surface area contributed by atoms with E-state index in [4.69, 9.17) is 4.74 Å². The average Bonchev–Trinajstić information content (AvgIpc) is 2.83. The van der Waals surface area contributed by atoms with E-state index in [9.17, 15) is 23.2 Å². The van der Waals surface area contributed by atoms with Gasteiger partial charge in [0.25, 0.3) is 0 Å². The molecule has 0 unspecified atom stereocenters. The second-order valence-electron chi connectivity index (χ2n) is 8.57. The molecule has 2 atom stereocenters. The number of para-hydroxylation sites is 1. The molecule has 2 rings (SSSR count). The number of methoxy groups -OCH3 is 1. The highest BCUT2D eigenvalue weighted by atomic mass is 32.2. The number of carbonyl (C=O) groups excluding carboxylic acids is 2. The van der Waals surface area contributed by atoms with Crippen LogP contribution < -0.4 is 20.1 Å². The molecule has 0 fully saturated rings. The van der Waals surface area contributed by atoms with Gasteiger partial charge in [0.2, 0.25) is 21.8 Å². The number of allylic oxidation sites excluding steroid dienone is 1. The molecule has 0 bridgehead atoms. The number of anilines is 1. The summed E-state index contributed by atoms with van der Waals surface area (Å²) in [6, 6.07) is 15.4. The van der Waals surface area contributed by atoms with E-state index in [1.807, 2.05) is 26.0 Å². The second-order valence-corrected chi connectivity index (χ2v) is 10.4. The molecule has 0 heterocycles. The van der Waals surface area contributed by atoms with Crippen molar-refractivity contribution in [2.24, 2.45) is 17.8 Å². The topological polar surface area (TPSA) is 125 Å². The van der Waals surface area contributed by atoms with Crippen molar-refractivity contribution in [2.75, 3.05) is 17.8 Å². The number of nitrogens with zero attached hydrogens (tertiary/aromatic N) is 1. The summed E-state index contributed by atoms with van der Waals surface area (Å²) in [7, 11) is -2.28. The summed E-state index contributed by atoms with van der Waals surface area (Å²) in [6.07, 6.45) is 4.97. The Morgan fingerprint density at radius 3 is 2.17 bits per heavy atom. The Morgan fingerprint density at radius 2 is 1.66 bits per heavy atom. The number of hydrogen-bond donors (Lipinski definition) is 3. The molecule has 0 aliphatic rings. The molecule has 10 heteroatoms. The van der Waals surface area contributed by atoms with Crippen LogP contribution in [0.1, 0.15) is 32.3 Å². The van der Waals surface area contributed by atoms with Gasteiger partial charge >= 0.3 is 0 Å². The Hall–Kier alpha value is -3.37. The molecule has 0 aromatic heterocycles. The standard InChI is InChI=1S/C25H33N3O6S/c1-18(2)17-23(24(29)26-28(35(4,32)33)20-10-6-5-7-11-20)22(25(30)27-31)12-8-9-19-13-15-21(34-3)16-14-19/h5-11,13-16,18,22-23,31H,12,17H2,1-4H3,(H,26,29)(H,27,30)/t22-,23+/m0/s1. The van der Waals surface area contributed by atoms with Gasteiger partial charge in [0.1, 0.15) is 5.75 Å². The molecule has 190 valence electrons. The first-order chi connectivity index (χ1) is 16.6. The molecule has 9 nitrogen and oxygen atoms in total. The minimum absolute atomic E-state index is 0.0220. The van der Waals surface area contributed by atoms with Crippen molar-refractivity contribution in [3.05, 3.63) is 66.2 Å². The predicted octanol–water partition coefficient (Wildman–Crippen LogP) is 3.38. The average molecular weight is 504 g/mol. The van der Waals surface area contributed by atoms with Crippen LogP contribution in [0.5, 0.6) is 5.75 Å². The van der Waals surface area contributed by atoms with Crippen LogP contribution in [0.4, 0.5) is 5.69 Å². The summed E-state index contributed by atoms with van der Waals surface area (Å²) in [5, 5.41) is 9.36. The molecule has 3 N–H and O–H groups in total. The van der Waals surface area contributed by atoms with Crippen LogP contribution in [-0.2, 0) is 19.6 Å². The highest BCUT2D eigenvalue weighted by Gasteiger charge is 2.35. The van der Waals surface area contributed by atoms with Crippen molar-refractivity contribution in [2.45, 2.75) is 26.7 Å². The SMILES string of the molecule is COc1ccc(C=CC[C@H](C(=O)NO)[C@@H](CC(C)C)C(=O)NN(c2ccccc2)S(C)(=O)=O)cc1. The molecular weight excluding hydrogens is 470 g/mol. The fourth-order valence-electron chi connectivity index (χ4n) is 3.65. The van der Waals surface area contributed by atoms with Crippen molar-refractivity contribution >= 4 is 33.6 Å². The Labute approximate surface area is 206 Å². The van der Waals surface area contributed by atoms with Crippen LogP contribution in [0.2, 0.25) is 0 Å². The van der Waals surface area contributed by atoms with Gasteiger partial charge in [-0.15, -0.1) is 0 Å². The van der Waals surface area contributed by atoms with Crippen molar-refractivity contribution in [3.63, 3.8) is 0 Å². The van der Waals surface area contributed by atoms with Crippen LogP contribution in [0, 0.1) is 17.8 Å². The minimum atomic E-state index is -3.86. The van der Waals surface area contributed by atoms with E-state index in [1.54, 1.807) is 67.2 Å². The lowest BCUT2D eigenvalue weighted by molar-refractivity contribution is -0.140. The molecule has 0 saturated carbocycles. The summed E-state index contributed by atoms with van der Waals surface area (Å²) < 4.78 is 30.8. The Balaban J connectivity index is 2.31. The third-order valence-electron chi connectivity index (χ3n) is 5.34. The first kappa shape index (κ1) is 27.9. The van der Waals surface area contributed by atoms with Crippen LogP contribution >= 0.6 is 0 Å². The number of carbonyl (C=O) groups is 2. The van der Waals surface area contributed by atoms with Gasteiger partial charge in [0, 0.05) is 0 Å². The van der Waals surface area contributed by atoms with Gasteiger partial charge < -0.3 is 4.74 Å². The number of benzene rings is 2. The van der Waals surface area contributed by atoms with Crippen molar-refractivity contribution in [1.29, 1.82) is 0 Å². The van der Waals surface area contributed by atoms with Gasteiger partial charge in [0.15, 0.2) is 0 Å². The van der Waals surface area contributed by atoms with Crippen molar-refractivity contribution < 1.29 is 28.0 Å². The lowest BCUT2D eigenvalue weighted by Crippen LogP contribution is -2.51. The quantitative estimate of drug-likeness (QED) is 0.301. The molecule has 2 aromatic rings. The van der Waals surface area contributed by atoms with E-state index >= 15 is 0 Å². The predicted molar refractivity (Wildman–Crippen MR) is 135 cm³/mol. The summed E-state index contributed by atoms with van der Waals surface area (Å²) in [4.78, 5) is 26.0. The maximum atomic E-state index is 13.4. The number of rotatable bonds is 12. The zero-order chi connectivity index (χ0) is 26.0. The van der Waals surface area contributed by atoms with E-state index < -0.39 is 33.7 Å². The normalized spacial score (nSPS) is 13.3. The van der Waals surface area contributed by atoms with E-state index in [2.05, 4.69) is 5.43 Å². The molecular formula is C25H33N3O6S. The summed E-state index contributed by atoms with van der Waals surface area (Å²) >= 11 is 0. The fourth-order valence-corrected chi connectivity index (χ4v) is 4.41. The van der Waals surface area contributed by atoms with Gasteiger partial charge in [-0.1, -0.05) is 56.3 Å². The van der Waals surface area contributed by atoms with Crippen LogP contribution in [0.15, 0.2) is 60.7 Å². The van der Waals surface area contributed by atoms with E-state index in [0.717, 1.165) is 16.2 Å². The van der Waals surface area contributed by atoms with Crippen LogP contribution in [-0.4, -0.2) is 38.8 Å². The molecule has 0 spiro atoms. The molecule has 0 aliphatic heterocycles. The largest absolute Gasteiger partial charge is 0.497 e. The Kier molecular flexibility index (Phi) is 10.3. The summed E-state index contributed by atoms with van der Waals surface area (Å²) in [5.41, 5.74) is 5.24. The number of sulfonamides is 1. The smallest absolute Gasteiger partial charge is 0.249 e. The van der Waals surface area contributed by atoms with Gasteiger partial charge in [-0.3, -0.25) is 20.2 Å². The van der Waals surface area contributed by atoms with E-state index in [1.165, 1.54) is 0 Å². The number of amides is 2. The first-order valence-corrected chi connectivity index (χ1v) is 13.0. The lowest BCUT2D eigenvalue weighted by Gasteiger charge is -2.29. The third-order valence-corrected chi connectivity index (χ3v) is 6.31. The molecule has 2 amide bonds. The Bertz CT molecular complexity index is 1100. The fraction of sp³-hybridized carbons (Fsp3) is 0.360. The molecule has 0 saturated heterocycles. The van der Waals surface area contributed by atoms with Crippen LogP contribution in [0.25, 0.3) is 6.08 Å². The molecule has 0 radical (unpaired) electrons. The van der Waals surface area contributed by atoms with Gasteiger partial charge in [-0.05, 0) is 48.6 Å². The first-order valence-electron chi connectivity index (χ1n) is 11.2. The lowest BCUT2D eigenvalue weighted by atomic mass is 9.82. The molecule has 2 aromatic carbocycles. The van der Waals surface area contributed by atoms with Gasteiger partial charge in [-0.25, -0.2) is 13.9 Å². The summed E-state index contributed by atoms with van der Waals surface area (Å²) in [6.45, 7) is 3.79.